The Morgan fingerprint density at radius 3 is 2.30 bits per heavy atom. The van der Waals surface area contributed by atoms with Gasteiger partial charge in [0.05, 0.1) is 13.2 Å². The van der Waals surface area contributed by atoms with Crippen LogP contribution in [0.15, 0.2) is 24.5 Å². The van der Waals surface area contributed by atoms with Gasteiger partial charge in [0, 0.05) is 31.9 Å². The van der Waals surface area contributed by atoms with Crippen LogP contribution in [0, 0.1) is 10.8 Å². The van der Waals surface area contributed by atoms with Gasteiger partial charge in [-0.15, -0.1) is 0 Å². The number of hydrogen-bond acceptors (Lipinski definition) is 7. The van der Waals surface area contributed by atoms with E-state index in [4.69, 9.17) is 4.74 Å². The summed E-state index contributed by atoms with van der Waals surface area (Å²) in [5.74, 6) is -5.03. The van der Waals surface area contributed by atoms with Gasteiger partial charge in [-0.1, -0.05) is 40.0 Å². The molecule has 1 unspecified atom stereocenters. The van der Waals surface area contributed by atoms with E-state index in [9.17, 15) is 33.1 Å². The average molecular weight is 624 g/mol. The molecule has 2 aliphatic rings. The second kappa shape index (κ2) is 14.6. The highest BCUT2D eigenvalue weighted by atomic mass is 19.3. The number of rotatable bonds is 11. The van der Waals surface area contributed by atoms with Gasteiger partial charge in [0.2, 0.25) is 17.7 Å². The van der Waals surface area contributed by atoms with Crippen LogP contribution in [-0.4, -0.2) is 82.6 Å². The smallest absolute Gasteiger partial charge is 0.407 e. The van der Waals surface area contributed by atoms with Gasteiger partial charge in [0.25, 0.3) is 5.91 Å². The maximum atomic E-state index is 14.0. The number of nitrogens with zero attached hydrogens (tertiary/aromatic N) is 2. The number of pyridine rings is 1. The molecule has 0 bridgehead atoms. The van der Waals surface area contributed by atoms with Crippen LogP contribution < -0.4 is 16.0 Å². The van der Waals surface area contributed by atoms with Crippen molar-refractivity contribution in [3.8, 4) is 0 Å². The molecule has 3 rings (SSSR count). The molecular weight excluding hydrogens is 576 g/mol. The van der Waals surface area contributed by atoms with E-state index in [0.29, 0.717) is 18.5 Å². The number of amides is 4. The number of ether oxygens (including phenoxy) is 1. The number of halogens is 2. The summed E-state index contributed by atoms with van der Waals surface area (Å²) in [6.45, 7) is 6.45. The molecule has 4 N–H and O–H groups in total. The number of likely N-dealkylation sites (tertiary alicyclic amines) is 1. The normalized spacial score (nSPS) is 20.4. The first-order chi connectivity index (χ1) is 20.5. The Labute approximate surface area is 257 Å². The molecule has 1 aliphatic heterocycles. The molecule has 44 heavy (non-hydrogen) atoms. The van der Waals surface area contributed by atoms with Gasteiger partial charge in [0.1, 0.15) is 12.1 Å². The molecule has 1 spiro atoms. The van der Waals surface area contributed by atoms with Crippen molar-refractivity contribution in [2.24, 2.45) is 10.8 Å². The quantitative estimate of drug-likeness (QED) is 0.296. The van der Waals surface area contributed by atoms with Crippen molar-refractivity contribution in [3.05, 3.63) is 30.1 Å². The Kier molecular flexibility index (Phi) is 11.7. The molecule has 1 aliphatic carbocycles. The third-order valence-corrected chi connectivity index (χ3v) is 8.66. The van der Waals surface area contributed by atoms with Crippen LogP contribution in [0.2, 0.25) is 0 Å². The summed E-state index contributed by atoms with van der Waals surface area (Å²) >= 11 is 0. The Morgan fingerprint density at radius 1 is 1.09 bits per heavy atom. The van der Waals surface area contributed by atoms with E-state index in [0.717, 1.165) is 39.0 Å². The fraction of sp³-hybridized carbons (Fsp3) is 0.710. The van der Waals surface area contributed by atoms with E-state index in [-0.39, 0.29) is 18.4 Å². The highest BCUT2D eigenvalue weighted by molar-refractivity contribution is 5.93. The van der Waals surface area contributed by atoms with Crippen molar-refractivity contribution < 1.29 is 37.8 Å². The lowest BCUT2D eigenvalue weighted by Gasteiger charge is -2.36. The minimum Gasteiger partial charge on any atom is -0.453 e. The third kappa shape index (κ3) is 9.57. The third-order valence-electron chi connectivity index (χ3n) is 8.66. The van der Waals surface area contributed by atoms with Gasteiger partial charge >= 0.3 is 6.09 Å². The summed E-state index contributed by atoms with van der Waals surface area (Å²) in [5.41, 5.74) is -0.323. The standard InChI is InChI=1S/C31H47F2N5O6/c1-29(2,3)24(37-28(43)44-5)27(42)38-19-31(12-7-6-8-13-31)17-22(38)25(40)36-21(9-14-30(4,32)33)23(39)26(41)35-18-20-10-15-34-16-11-20/h10-11,15-16,21-24,39H,6-9,12-14,17-19H2,1-5H3,(H,35,41)(H,36,40)(H,37,43)/t21-,22-,23?,24+/m0/s1. The van der Waals surface area contributed by atoms with Crippen molar-refractivity contribution in [3.63, 3.8) is 0 Å². The van der Waals surface area contributed by atoms with Crippen LogP contribution in [0.3, 0.4) is 0 Å². The minimum atomic E-state index is -3.10. The largest absolute Gasteiger partial charge is 0.453 e. The van der Waals surface area contributed by atoms with E-state index >= 15 is 0 Å². The zero-order valence-corrected chi connectivity index (χ0v) is 26.3. The molecule has 4 amide bonds. The number of methoxy groups -OCH3 is 1. The number of carbonyl (C=O) groups is 4. The lowest BCUT2D eigenvalue weighted by atomic mass is 9.72. The van der Waals surface area contributed by atoms with Crippen LogP contribution in [0.5, 0.6) is 0 Å². The number of carbonyl (C=O) groups excluding carboxylic acids is 4. The van der Waals surface area contributed by atoms with Crippen molar-refractivity contribution in [2.75, 3.05) is 13.7 Å². The van der Waals surface area contributed by atoms with E-state index in [1.165, 1.54) is 12.0 Å². The zero-order valence-electron chi connectivity index (χ0n) is 26.3. The molecule has 13 heteroatoms. The minimum absolute atomic E-state index is 0.0673. The average Bonchev–Trinajstić information content (AvgIpc) is 3.34. The number of aliphatic hydroxyl groups is 1. The highest BCUT2D eigenvalue weighted by Crippen LogP contribution is 2.47. The van der Waals surface area contributed by atoms with Gasteiger partial charge in [0.15, 0.2) is 6.10 Å². The fourth-order valence-electron chi connectivity index (χ4n) is 6.15. The predicted molar refractivity (Wildman–Crippen MR) is 158 cm³/mol. The Balaban J connectivity index is 1.85. The Hall–Kier alpha value is -3.35. The van der Waals surface area contributed by atoms with Crippen LogP contribution in [-0.2, 0) is 25.7 Å². The van der Waals surface area contributed by atoms with E-state index < -0.39 is 65.8 Å². The summed E-state index contributed by atoms with van der Waals surface area (Å²) in [7, 11) is 1.20. The lowest BCUT2D eigenvalue weighted by Crippen LogP contribution is -2.59. The van der Waals surface area contributed by atoms with Gasteiger partial charge in [-0.2, -0.15) is 0 Å². The van der Waals surface area contributed by atoms with Gasteiger partial charge in [-0.25, -0.2) is 13.6 Å². The number of alkyl halides is 2. The highest BCUT2D eigenvalue weighted by Gasteiger charge is 2.51. The lowest BCUT2D eigenvalue weighted by molar-refractivity contribution is -0.143. The van der Waals surface area contributed by atoms with E-state index in [1.807, 2.05) is 0 Å². The molecular formula is C31H47F2N5O6. The first-order valence-corrected chi connectivity index (χ1v) is 15.2. The van der Waals surface area contributed by atoms with Crippen molar-refractivity contribution in [1.82, 2.24) is 25.8 Å². The van der Waals surface area contributed by atoms with Crippen molar-refractivity contribution in [1.29, 1.82) is 0 Å². The topological polar surface area (TPSA) is 150 Å². The maximum absolute atomic E-state index is 14.0. The molecule has 11 nitrogen and oxygen atoms in total. The Morgan fingerprint density at radius 2 is 1.73 bits per heavy atom. The second-order valence-corrected chi connectivity index (χ2v) is 13.4. The molecule has 1 saturated carbocycles. The predicted octanol–water partition coefficient (Wildman–Crippen LogP) is 3.30. The molecule has 2 heterocycles. The molecule has 2 fully saturated rings. The van der Waals surface area contributed by atoms with Crippen molar-refractivity contribution >= 4 is 23.8 Å². The van der Waals surface area contributed by atoms with E-state index in [1.54, 1.807) is 45.3 Å². The second-order valence-electron chi connectivity index (χ2n) is 13.4. The maximum Gasteiger partial charge on any atom is 0.407 e. The summed E-state index contributed by atoms with van der Waals surface area (Å²) in [5, 5.41) is 18.8. The molecule has 1 saturated heterocycles. The number of alkyl carbamates (subject to hydrolysis) is 1. The summed E-state index contributed by atoms with van der Waals surface area (Å²) < 4.78 is 32.5. The van der Waals surface area contributed by atoms with Crippen LogP contribution in [0.25, 0.3) is 0 Å². The van der Waals surface area contributed by atoms with E-state index in [2.05, 4.69) is 20.9 Å². The molecule has 4 atom stereocenters. The molecule has 0 radical (unpaired) electrons. The first-order valence-electron chi connectivity index (χ1n) is 15.2. The fourth-order valence-corrected chi connectivity index (χ4v) is 6.15. The number of aromatic nitrogens is 1. The van der Waals surface area contributed by atoms with Gasteiger partial charge in [-0.05, 0) is 61.1 Å². The number of aliphatic hydroxyl groups excluding tert-OH is 1. The van der Waals surface area contributed by atoms with Crippen LogP contribution in [0.1, 0.15) is 84.6 Å². The Bertz CT molecular complexity index is 1150. The molecule has 1 aromatic rings. The SMILES string of the molecule is COC(=O)N[C@H](C(=O)N1CC2(CCCCC2)C[C@H]1C(=O)N[C@@H](CCC(C)(F)F)C(O)C(=O)NCc1ccncc1)C(C)(C)C. The first kappa shape index (κ1) is 35.1. The van der Waals surface area contributed by atoms with Gasteiger partial charge in [-0.3, -0.25) is 19.4 Å². The van der Waals surface area contributed by atoms with Crippen LogP contribution in [0.4, 0.5) is 13.6 Å². The van der Waals surface area contributed by atoms with Crippen molar-refractivity contribution in [2.45, 2.75) is 116 Å². The zero-order chi connectivity index (χ0) is 32.7. The summed E-state index contributed by atoms with van der Waals surface area (Å²) in [6.07, 6.45) is 4.36. The van der Waals surface area contributed by atoms with Gasteiger partial charge < -0.3 is 30.7 Å². The molecule has 0 aromatic carbocycles. The molecule has 1 aromatic heterocycles. The molecule has 246 valence electrons. The van der Waals surface area contributed by atoms with Crippen LogP contribution >= 0.6 is 0 Å². The number of nitrogens with one attached hydrogen (secondary N) is 3. The monoisotopic (exact) mass is 623 g/mol. The summed E-state index contributed by atoms with van der Waals surface area (Å²) in [6, 6.07) is 0.0222. The summed E-state index contributed by atoms with van der Waals surface area (Å²) in [4.78, 5) is 58.4. The number of hydrogen-bond donors (Lipinski definition) is 4.